The lowest BCUT2D eigenvalue weighted by molar-refractivity contribution is -0.132. The van der Waals surface area contributed by atoms with Gasteiger partial charge in [-0.25, -0.2) is 4.98 Å². The van der Waals surface area contributed by atoms with Gasteiger partial charge in [-0.15, -0.1) is 11.3 Å². The highest BCUT2D eigenvalue weighted by Gasteiger charge is 2.24. The number of rotatable bonds is 5. The number of amides is 2. The number of likely N-dealkylation sites (tertiary alicyclic amines) is 1. The van der Waals surface area contributed by atoms with Crippen LogP contribution in [0.1, 0.15) is 35.2 Å². The Morgan fingerprint density at radius 3 is 2.48 bits per heavy atom. The minimum atomic E-state index is 0.0118. The summed E-state index contributed by atoms with van der Waals surface area (Å²) in [6.07, 6.45) is 2.29. The normalized spacial score (nSPS) is 15.0. The number of thiazole rings is 1. The van der Waals surface area contributed by atoms with Crippen molar-refractivity contribution in [3.8, 4) is 11.3 Å². The maximum atomic E-state index is 12.8. The largest absolute Gasteiger partial charge is 0.356 e. The molecule has 1 aliphatic heterocycles. The molecule has 6 heteroatoms. The molecule has 1 saturated heterocycles. The first kappa shape index (κ1) is 19.5. The lowest BCUT2D eigenvalue weighted by Crippen LogP contribution is -2.41. The molecule has 1 aromatic carbocycles. The van der Waals surface area contributed by atoms with Gasteiger partial charge in [0.05, 0.1) is 17.1 Å². The Morgan fingerprint density at radius 1 is 1.19 bits per heavy atom. The van der Waals surface area contributed by atoms with Gasteiger partial charge in [0.25, 0.3) is 0 Å². The van der Waals surface area contributed by atoms with Gasteiger partial charge in [-0.2, -0.15) is 0 Å². The Balaban J connectivity index is 1.62. The number of benzene rings is 1. The molecule has 0 atom stereocenters. The van der Waals surface area contributed by atoms with Gasteiger partial charge in [-0.1, -0.05) is 29.8 Å². The number of aromatic nitrogens is 1. The van der Waals surface area contributed by atoms with Crippen molar-refractivity contribution in [1.82, 2.24) is 15.2 Å². The quantitative estimate of drug-likeness (QED) is 0.859. The SMILES string of the molecule is CC(=O)NCC1CCN(C(=O)Cc2sc(C)nc2-c2ccc(C)cc2)CC1. The summed E-state index contributed by atoms with van der Waals surface area (Å²) in [5.74, 6) is 0.648. The van der Waals surface area contributed by atoms with E-state index >= 15 is 0 Å². The van der Waals surface area contributed by atoms with Gasteiger partial charge in [0.15, 0.2) is 0 Å². The van der Waals surface area contributed by atoms with Crippen molar-refractivity contribution in [1.29, 1.82) is 0 Å². The van der Waals surface area contributed by atoms with Crippen molar-refractivity contribution in [3.63, 3.8) is 0 Å². The highest BCUT2D eigenvalue weighted by Crippen LogP contribution is 2.29. The standard InChI is InChI=1S/C21H27N3O2S/c1-14-4-6-18(7-5-14)21-19(27-16(3)23-21)12-20(26)24-10-8-17(9-11-24)13-22-15(2)25/h4-7,17H,8-13H2,1-3H3,(H,22,25). The van der Waals surface area contributed by atoms with Crippen molar-refractivity contribution in [3.05, 3.63) is 39.7 Å². The first-order valence-electron chi connectivity index (χ1n) is 9.48. The second-order valence-corrected chi connectivity index (χ2v) is 8.60. The van der Waals surface area contributed by atoms with Crippen LogP contribution in [0.15, 0.2) is 24.3 Å². The first-order chi connectivity index (χ1) is 12.9. The fourth-order valence-electron chi connectivity index (χ4n) is 3.45. The monoisotopic (exact) mass is 385 g/mol. The lowest BCUT2D eigenvalue weighted by atomic mass is 9.96. The third kappa shape index (κ3) is 5.16. The average Bonchev–Trinajstić information content (AvgIpc) is 3.01. The Kier molecular flexibility index (Phi) is 6.26. The number of hydrogen-bond acceptors (Lipinski definition) is 4. The van der Waals surface area contributed by atoms with Crippen LogP contribution in [-0.2, 0) is 16.0 Å². The van der Waals surface area contributed by atoms with Gasteiger partial charge in [-0.05, 0) is 32.6 Å². The molecule has 2 amide bonds. The van der Waals surface area contributed by atoms with E-state index in [0.29, 0.717) is 18.9 Å². The maximum Gasteiger partial charge on any atom is 0.227 e. The predicted molar refractivity (Wildman–Crippen MR) is 109 cm³/mol. The summed E-state index contributed by atoms with van der Waals surface area (Å²) in [6, 6.07) is 8.31. The Labute approximate surface area is 164 Å². The highest BCUT2D eigenvalue weighted by molar-refractivity contribution is 7.12. The fraction of sp³-hybridized carbons (Fsp3) is 0.476. The fourth-order valence-corrected chi connectivity index (χ4v) is 4.40. The molecule has 5 nitrogen and oxygen atoms in total. The van der Waals surface area contributed by atoms with Crippen LogP contribution < -0.4 is 5.32 Å². The summed E-state index contributed by atoms with van der Waals surface area (Å²) in [5.41, 5.74) is 3.22. The molecule has 0 spiro atoms. The molecule has 1 aliphatic rings. The summed E-state index contributed by atoms with van der Waals surface area (Å²) >= 11 is 1.61. The van der Waals surface area contributed by atoms with Gasteiger partial charge in [-0.3, -0.25) is 9.59 Å². The van der Waals surface area contributed by atoms with Gasteiger partial charge in [0.1, 0.15) is 0 Å². The number of nitrogens with one attached hydrogen (secondary N) is 1. The van der Waals surface area contributed by atoms with Gasteiger partial charge < -0.3 is 10.2 Å². The van der Waals surface area contributed by atoms with E-state index < -0.39 is 0 Å². The van der Waals surface area contributed by atoms with Crippen molar-refractivity contribution in [2.45, 2.75) is 40.0 Å². The van der Waals surface area contributed by atoms with Crippen LogP contribution in [0, 0.1) is 19.8 Å². The minimum Gasteiger partial charge on any atom is -0.356 e. The van der Waals surface area contributed by atoms with E-state index in [1.807, 2.05) is 11.8 Å². The summed E-state index contributed by atoms with van der Waals surface area (Å²) in [6.45, 7) is 7.84. The highest BCUT2D eigenvalue weighted by atomic mass is 32.1. The summed E-state index contributed by atoms with van der Waals surface area (Å²) < 4.78 is 0. The Hall–Kier alpha value is -2.21. The Bertz CT molecular complexity index is 805. The predicted octanol–water partition coefficient (Wildman–Crippen LogP) is 3.34. The summed E-state index contributed by atoms with van der Waals surface area (Å²) in [5, 5.41) is 3.87. The maximum absolute atomic E-state index is 12.8. The summed E-state index contributed by atoms with van der Waals surface area (Å²) in [4.78, 5) is 31.5. The number of piperidine rings is 1. The van der Waals surface area contributed by atoms with E-state index in [4.69, 9.17) is 0 Å². The molecule has 3 rings (SSSR count). The van der Waals surface area contributed by atoms with E-state index in [2.05, 4.69) is 41.5 Å². The van der Waals surface area contributed by atoms with E-state index in [0.717, 1.165) is 47.1 Å². The van der Waals surface area contributed by atoms with Crippen LogP contribution in [-0.4, -0.2) is 41.3 Å². The molecular formula is C21H27N3O2S. The molecule has 0 bridgehead atoms. The van der Waals surface area contributed by atoms with Crippen molar-refractivity contribution in [2.75, 3.05) is 19.6 Å². The van der Waals surface area contributed by atoms with Gasteiger partial charge >= 0.3 is 0 Å². The van der Waals surface area contributed by atoms with Crippen LogP contribution in [0.25, 0.3) is 11.3 Å². The van der Waals surface area contributed by atoms with Crippen molar-refractivity contribution >= 4 is 23.2 Å². The average molecular weight is 386 g/mol. The molecule has 27 heavy (non-hydrogen) atoms. The zero-order chi connectivity index (χ0) is 19.4. The lowest BCUT2D eigenvalue weighted by Gasteiger charge is -2.32. The topological polar surface area (TPSA) is 62.3 Å². The molecule has 0 radical (unpaired) electrons. The smallest absolute Gasteiger partial charge is 0.227 e. The van der Waals surface area contributed by atoms with Crippen LogP contribution in [0.4, 0.5) is 0 Å². The van der Waals surface area contributed by atoms with Gasteiger partial charge in [0.2, 0.25) is 11.8 Å². The van der Waals surface area contributed by atoms with Gasteiger partial charge in [0, 0.05) is 37.0 Å². The Morgan fingerprint density at radius 2 is 1.85 bits per heavy atom. The molecule has 1 fully saturated rings. The molecule has 1 N–H and O–H groups in total. The third-order valence-electron chi connectivity index (χ3n) is 5.05. The zero-order valence-electron chi connectivity index (χ0n) is 16.2. The third-order valence-corrected chi connectivity index (χ3v) is 6.02. The molecule has 144 valence electrons. The molecule has 2 heterocycles. The molecular weight excluding hydrogens is 358 g/mol. The minimum absolute atomic E-state index is 0.0118. The van der Waals surface area contributed by atoms with Crippen molar-refractivity contribution < 1.29 is 9.59 Å². The number of carbonyl (C=O) groups excluding carboxylic acids is 2. The molecule has 0 unspecified atom stereocenters. The number of carbonyl (C=O) groups is 2. The van der Waals surface area contributed by atoms with Crippen LogP contribution in [0.2, 0.25) is 0 Å². The second-order valence-electron chi connectivity index (χ2n) is 7.31. The van der Waals surface area contributed by atoms with Crippen LogP contribution in [0.5, 0.6) is 0 Å². The van der Waals surface area contributed by atoms with E-state index in [1.54, 1.807) is 18.3 Å². The van der Waals surface area contributed by atoms with Crippen LogP contribution in [0.3, 0.4) is 0 Å². The first-order valence-corrected chi connectivity index (χ1v) is 10.3. The van der Waals surface area contributed by atoms with Crippen LogP contribution >= 0.6 is 11.3 Å². The van der Waals surface area contributed by atoms with Crippen molar-refractivity contribution in [2.24, 2.45) is 5.92 Å². The molecule has 0 aliphatic carbocycles. The molecule has 2 aromatic rings. The number of hydrogen-bond donors (Lipinski definition) is 1. The second kappa shape index (κ2) is 8.65. The van der Waals surface area contributed by atoms with E-state index in [1.165, 1.54) is 5.56 Å². The van der Waals surface area contributed by atoms with E-state index in [9.17, 15) is 9.59 Å². The zero-order valence-corrected chi connectivity index (χ0v) is 17.1. The molecule has 1 aromatic heterocycles. The number of nitrogens with zero attached hydrogens (tertiary/aromatic N) is 2. The van der Waals surface area contributed by atoms with E-state index in [-0.39, 0.29) is 11.8 Å². The summed E-state index contributed by atoms with van der Waals surface area (Å²) in [7, 11) is 0. The number of aryl methyl sites for hydroxylation is 2. The molecule has 0 saturated carbocycles.